The third-order valence-corrected chi connectivity index (χ3v) is 4.66. The van der Waals surface area contributed by atoms with Gasteiger partial charge >= 0.3 is 11.8 Å². The first-order chi connectivity index (χ1) is 12.1. The van der Waals surface area contributed by atoms with Gasteiger partial charge in [-0.05, 0) is 36.6 Å². The number of hydrogen-bond donors (Lipinski definition) is 2. The summed E-state index contributed by atoms with van der Waals surface area (Å²) in [4.78, 5) is 25.2. The molecule has 0 spiro atoms. The molecule has 0 radical (unpaired) electrons. The maximum absolute atomic E-state index is 12.1. The van der Waals surface area contributed by atoms with Gasteiger partial charge in [0.05, 0.1) is 0 Å². The number of anilines is 1. The minimum absolute atomic E-state index is 0.147. The highest BCUT2D eigenvalue weighted by atomic mass is 32.1. The van der Waals surface area contributed by atoms with Crippen LogP contribution in [-0.4, -0.2) is 28.1 Å². The lowest BCUT2D eigenvalue weighted by Gasteiger charge is -2.17. The quantitative estimate of drug-likeness (QED) is 0.692. The van der Waals surface area contributed by atoms with Gasteiger partial charge in [-0.2, -0.15) is 5.10 Å². The van der Waals surface area contributed by atoms with E-state index in [-0.39, 0.29) is 12.6 Å². The summed E-state index contributed by atoms with van der Waals surface area (Å²) in [5.41, 5.74) is 1.67. The molecule has 1 atom stereocenters. The van der Waals surface area contributed by atoms with Gasteiger partial charge < -0.3 is 10.6 Å². The zero-order chi connectivity index (χ0) is 17.6. The van der Waals surface area contributed by atoms with E-state index in [1.54, 1.807) is 34.3 Å². The molecule has 1 aromatic carbocycles. The molecular weight excluding hydrogens is 336 g/mol. The molecule has 2 N–H and O–H groups in total. The van der Waals surface area contributed by atoms with E-state index in [2.05, 4.69) is 15.7 Å². The SMILES string of the molecule is Cc1ccc(NC(=O)C(=O)NCC(c2cccs2)n2cccn2)cc1. The number of rotatable bonds is 5. The Hall–Kier alpha value is -2.93. The van der Waals surface area contributed by atoms with Crippen LogP contribution < -0.4 is 10.6 Å². The molecule has 0 aliphatic carbocycles. The second-order valence-corrected chi connectivity index (χ2v) is 6.53. The van der Waals surface area contributed by atoms with Crippen LogP contribution in [0.15, 0.2) is 60.2 Å². The van der Waals surface area contributed by atoms with Crippen molar-refractivity contribution in [2.24, 2.45) is 0 Å². The predicted molar refractivity (Wildman–Crippen MR) is 97.5 cm³/mol. The third kappa shape index (κ3) is 4.33. The number of hydrogen-bond acceptors (Lipinski definition) is 4. The normalized spacial score (nSPS) is 11.7. The number of aromatic nitrogens is 2. The van der Waals surface area contributed by atoms with E-state index in [1.807, 2.05) is 48.8 Å². The van der Waals surface area contributed by atoms with Gasteiger partial charge in [0.1, 0.15) is 6.04 Å². The summed E-state index contributed by atoms with van der Waals surface area (Å²) in [6.07, 6.45) is 3.52. The molecule has 25 heavy (non-hydrogen) atoms. The lowest BCUT2D eigenvalue weighted by Crippen LogP contribution is -2.38. The van der Waals surface area contributed by atoms with Crippen molar-refractivity contribution in [3.05, 3.63) is 70.7 Å². The average Bonchev–Trinajstić information content (AvgIpc) is 3.31. The standard InChI is InChI=1S/C18H18N4O2S/c1-13-5-7-14(8-6-13)21-18(24)17(23)19-12-15(16-4-2-11-25-16)22-10-3-9-20-22/h2-11,15H,12H2,1H3,(H,19,23)(H,21,24). The summed E-state index contributed by atoms with van der Waals surface area (Å²) < 4.78 is 1.77. The van der Waals surface area contributed by atoms with Crippen LogP contribution in [0.4, 0.5) is 5.69 Å². The van der Waals surface area contributed by atoms with Crippen LogP contribution in [0.5, 0.6) is 0 Å². The van der Waals surface area contributed by atoms with Crippen molar-refractivity contribution in [2.75, 3.05) is 11.9 Å². The predicted octanol–water partition coefficient (Wildman–Crippen LogP) is 2.60. The van der Waals surface area contributed by atoms with Gasteiger partial charge in [-0.15, -0.1) is 11.3 Å². The molecule has 2 aromatic heterocycles. The molecule has 3 rings (SSSR count). The Balaban J connectivity index is 1.61. The fourth-order valence-corrected chi connectivity index (χ4v) is 3.18. The van der Waals surface area contributed by atoms with Gasteiger partial charge in [0.2, 0.25) is 0 Å². The Bertz CT molecular complexity index is 792. The van der Waals surface area contributed by atoms with Crippen LogP contribution in [-0.2, 0) is 9.59 Å². The van der Waals surface area contributed by atoms with E-state index in [0.29, 0.717) is 5.69 Å². The first-order valence-corrected chi connectivity index (χ1v) is 8.70. The van der Waals surface area contributed by atoms with Gasteiger partial charge in [0, 0.05) is 29.5 Å². The van der Waals surface area contributed by atoms with Crippen LogP contribution in [0.25, 0.3) is 0 Å². The number of carbonyl (C=O) groups excluding carboxylic acids is 2. The van der Waals surface area contributed by atoms with Crippen LogP contribution in [0.2, 0.25) is 0 Å². The van der Waals surface area contributed by atoms with Crippen molar-refractivity contribution < 1.29 is 9.59 Å². The van der Waals surface area contributed by atoms with Gasteiger partial charge in [-0.3, -0.25) is 14.3 Å². The molecule has 0 fully saturated rings. The number of thiophene rings is 1. The monoisotopic (exact) mass is 354 g/mol. The smallest absolute Gasteiger partial charge is 0.313 e. The molecule has 0 saturated carbocycles. The summed E-state index contributed by atoms with van der Waals surface area (Å²) in [6, 6.07) is 12.9. The van der Waals surface area contributed by atoms with E-state index in [1.165, 1.54) is 0 Å². The Morgan fingerprint density at radius 3 is 2.60 bits per heavy atom. The van der Waals surface area contributed by atoms with E-state index in [0.717, 1.165) is 10.4 Å². The first-order valence-electron chi connectivity index (χ1n) is 7.82. The minimum Gasteiger partial charge on any atom is -0.345 e. The van der Waals surface area contributed by atoms with Crippen molar-refractivity contribution >= 4 is 28.8 Å². The molecule has 0 aliphatic rings. The Morgan fingerprint density at radius 1 is 1.16 bits per heavy atom. The van der Waals surface area contributed by atoms with Gasteiger partial charge in [-0.25, -0.2) is 0 Å². The number of amides is 2. The lowest BCUT2D eigenvalue weighted by molar-refractivity contribution is -0.136. The highest BCUT2D eigenvalue weighted by Gasteiger charge is 2.19. The van der Waals surface area contributed by atoms with Gasteiger partial charge in [-0.1, -0.05) is 23.8 Å². The Kier molecular flexibility index (Phi) is 5.25. The van der Waals surface area contributed by atoms with Crippen molar-refractivity contribution in [3.63, 3.8) is 0 Å². The van der Waals surface area contributed by atoms with E-state index in [9.17, 15) is 9.59 Å². The molecule has 3 aromatic rings. The van der Waals surface area contributed by atoms with Gasteiger partial charge in [0.15, 0.2) is 0 Å². The molecule has 0 aliphatic heterocycles. The zero-order valence-electron chi connectivity index (χ0n) is 13.7. The van der Waals surface area contributed by atoms with Crippen LogP contribution >= 0.6 is 11.3 Å². The second-order valence-electron chi connectivity index (χ2n) is 5.55. The Labute approximate surface area is 149 Å². The molecule has 2 heterocycles. The molecule has 6 nitrogen and oxygen atoms in total. The number of aryl methyl sites for hydroxylation is 1. The zero-order valence-corrected chi connectivity index (χ0v) is 14.5. The summed E-state index contributed by atoms with van der Waals surface area (Å²) in [5, 5.41) is 11.5. The summed E-state index contributed by atoms with van der Waals surface area (Å²) in [7, 11) is 0. The summed E-state index contributed by atoms with van der Waals surface area (Å²) in [6.45, 7) is 2.24. The maximum atomic E-state index is 12.1. The maximum Gasteiger partial charge on any atom is 0.313 e. The number of benzene rings is 1. The van der Waals surface area contributed by atoms with Crippen molar-refractivity contribution in [1.29, 1.82) is 0 Å². The molecule has 1 unspecified atom stereocenters. The van der Waals surface area contributed by atoms with Crippen LogP contribution in [0, 0.1) is 6.92 Å². The topological polar surface area (TPSA) is 76.0 Å². The highest BCUT2D eigenvalue weighted by molar-refractivity contribution is 7.10. The summed E-state index contributed by atoms with van der Waals surface area (Å²) >= 11 is 1.58. The van der Waals surface area contributed by atoms with Crippen LogP contribution in [0.1, 0.15) is 16.5 Å². The summed E-state index contributed by atoms with van der Waals surface area (Å²) in [5.74, 6) is -1.36. The number of carbonyl (C=O) groups is 2. The number of nitrogens with zero attached hydrogens (tertiary/aromatic N) is 2. The highest BCUT2D eigenvalue weighted by Crippen LogP contribution is 2.21. The molecule has 7 heteroatoms. The molecular formula is C18H18N4O2S. The fourth-order valence-electron chi connectivity index (χ4n) is 2.36. The Morgan fingerprint density at radius 2 is 1.96 bits per heavy atom. The average molecular weight is 354 g/mol. The van der Waals surface area contributed by atoms with Crippen LogP contribution in [0.3, 0.4) is 0 Å². The first kappa shape index (κ1) is 16.9. The van der Waals surface area contributed by atoms with Gasteiger partial charge in [0.25, 0.3) is 0 Å². The second kappa shape index (κ2) is 7.76. The largest absolute Gasteiger partial charge is 0.345 e. The minimum atomic E-state index is -0.686. The molecule has 128 valence electrons. The number of nitrogens with one attached hydrogen (secondary N) is 2. The third-order valence-electron chi connectivity index (χ3n) is 3.69. The van der Waals surface area contributed by atoms with E-state index in [4.69, 9.17) is 0 Å². The van der Waals surface area contributed by atoms with Crippen molar-refractivity contribution in [3.8, 4) is 0 Å². The molecule has 2 amide bonds. The fraction of sp³-hybridized carbons (Fsp3) is 0.167. The van der Waals surface area contributed by atoms with Crippen molar-refractivity contribution in [1.82, 2.24) is 15.1 Å². The van der Waals surface area contributed by atoms with E-state index >= 15 is 0 Å². The van der Waals surface area contributed by atoms with Crippen molar-refractivity contribution in [2.45, 2.75) is 13.0 Å². The molecule has 0 bridgehead atoms. The van der Waals surface area contributed by atoms with E-state index < -0.39 is 11.8 Å². The molecule has 0 saturated heterocycles. The lowest BCUT2D eigenvalue weighted by atomic mass is 10.2.